The minimum atomic E-state index is -0.211. The van der Waals surface area contributed by atoms with Gasteiger partial charge in [-0.2, -0.15) is 0 Å². The van der Waals surface area contributed by atoms with E-state index in [1.807, 2.05) is 24.3 Å². The van der Waals surface area contributed by atoms with Crippen LogP contribution in [0.1, 0.15) is 33.8 Å². The van der Waals surface area contributed by atoms with E-state index in [0.29, 0.717) is 10.7 Å². The molecule has 26 heavy (non-hydrogen) atoms. The zero-order valence-electron chi connectivity index (χ0n) is 14.4. The number of benzene rings is 1. The van der Waals surface area contributed by atoms with E-state index in [-0.39, 0.29) is 17.9 Å². The Balaban J connectivity index is 1.85. The number of hydrogen-bond donors (Lipinski definition) is 1. The Labute approximate surface area is 161 Å². The van der Waals surface area contributed by atoms with Crippen molar-refractivity contribution >= 4 is 34.4 Å². The van der Waals surface area contributed by atoms with Gasteiger partial charge < -0.3 is 10.2 Å². The highest BCUT2D eigenvalue weighted by molar-refractivity contribution is 7.80. The minimum Gasteiger partial charge on any atom is -0.351 e. The zero-order chi connectivity index (χ0) is 18.3. The molecular formula is C20H18FN3S2. The van der Waals surface area contributed by atoms with Crippen molar-refractivity contribution in [2.45, 2.75) is 25.9 Å². The third kappa shape index (κ3) is 2.89. The van der Waals surface area contributed by atoms with Gasteiger partial charge in [0.15, 0.2) is 5.11 Å². The first kappa shape index (κ1) is 17.1. The highest BCUT2D eigenvalue weighted by Crippen LogP contribution is 2.44. The summed E-state index contributed by atoms with van der Waals surface area (Å²) in [7, 11) is 0. The molecule has 0 saturated carbocycles. The van der Waals surface area contributed by atoms with E-state index in [0.717, 1.165) is 11.4 Å². The summed E-state index contributed by atoms with van der Waals surface area (Å²) in [5.41, 5.74) is 3.65. The molecule has 1 saturated heterocycles. The summed E-state index contributed by atoms with van der Waals surface area (Å²) in [6.07, 6.45) is 1.79. The quantitative estimate of drug-likeness (QED) is 0.639. The lowest BCUT2D eigenvalue weighted by Crippen LogP contribution is -2.29. The van der Waals surface area contributed by atoms with E-state index in [4.69, 9.17) is 12.2 Å². The van der Waals surface area contributed by atoms with Crippen molar-refractivity contribution in [3.63, 3.8) is 0 Å². The maximum absolute atomic E-state index is 13.8. The molecule has 1 fully saturated rings. The minimum absolute atomic E-state index is 0.0257. The van der Waals surface area contributed by atoms with Gasteiger partial charge in [0.05, 0.1) is 17.8 Å². The zero-order valence-corrected chi connectivity index (χ0v) is 16.1. The Hall–Kier alpha value is -2.31. The van der Waals surface area contributed by atoms with Crippen molar-refractivity contribution < 1.29 is 4.39 Å². The summed E-state index contributed by atoms with van der Waals surface area (Å²) in [5.74, 6) is -0.211. The number of nitrogens with one attached hydrogen (secondary N) is 1. The lowest BCUT2D eigenvalue weighted by atomic mass is 10.0. The molecule has 4 rings (SSSR count). The van der Waals surface area contributed by atoms with Gasteiger partial charge in [-0.05, 0) is 79.0 Å². The molecule has 0 radical (unpaired) electrons. The second kappa shape index (κ2) is 6.78. The number of hydrogen-bond acceptors (Lipinski definition) is 3. The van der Waals surface area contributed by atoms with Gasteiger partial charge in [-0.3, -0.25) is 4.98 Å². The van der Waals surface area contributed by atoms with E-state index >= 15 is 0 Å². The van der Waals surface area contributed by atoms with Crippen molar-refractivity contribution in [1.29, 1.82) is 0 Å². The molecule has 0 spiro atoms. The monoisotopic (exact) mass is 383 g/mol. The first-order valence-corrected chi connectivity index (χ1v) is 9.66. The van der Waals surface area contributed by atoms with Crippen molar-refractivity contribution in [1.82, 2.24) is 10.3 Å². The second-order valence-electron chi connectivity index (χ2n) is 6.40. The lowest BCUT2D eigenvalue weighted by molar-refractivity contribution is 0.572. The summed E-state index contributed by atoms with van der Waals surface area (Å²) in [6, 6.07) is 13.1. The van der Waals surface area contributed by atoms with Crippen LogP contribution in [0.4, 0.5) is 10.1 Å². The van der Waals surface area contributed by atoms with Crippen LogP contribution in [-0.2, 0) is 0 Å². The molecule has 6 heteroatoms. The van der Waals surface area contributed by atoms with Gasteiger partial charge in [0.25, 0.3) is 0 Å². The molecule has 0 unspecified atom stereocenters. The Morgan fingerprint density at radius 2 is 2.00 bits per heavy atom. The van der Waals surface area contributed by atoms with Crippen molar-refractivity contribution in [3.05, 3.63) is 81.6 Å². The third-order valence-electron chi connectivity index (χ3n) is 4.69. The highest BCUT2D eigenvalue weighted by atomic mass is 32.1. The largest absolute Gasteiger partial charge is 0.351 e. The number of thiocarbonyl (C=S) groups is 1. The van der Waals surface area contributed by atoms with Crippen LogP contribution in [0, 0.1) is 19.7 Å². The number of nitrogens with zero attached hydrogens (tertiary/aromatic N) is 2. The molecule has 0 bridgehead atoms. The maximum atomic E-state index is 13.8. The molecule has 1 aromatic carbocycles. The summed E-state index contributed by atoms with van der Waals surface area (Å²) >= 11 is 7.38. The average Bonchev–Trinajstić information content (AvgIpc) is 3.21. The van der Waals surface area contributed by atoms with Gasteiger partial charge >= 0.3 is 0 Å². The average molecular weight is 384 g/mol. The molecule has 2 atom stereocenters. The van der Waals surface area contributed by atoms with Gasteiger partial charge in [-0.15, -0.1) is 11.3 Å². The number of halogens is 1. The maximum Gasteiger partial charge on any atom is 0.174 e. The summed E-state index contributed by atoms with van der Waals surface area (Å²) in [6.45, 7) is 3.88. The molecule has 132 valence electrons. The number of pyridine rings is 1. The standard InChI is InChI=1S/C20H18FN3S2/c1-12-8-10-26-19(12)18-17(16-5-3-4-9-22-16)23-20(25)24(18)14-6-7-15(21)13(2)11-14/h3-11,17-18H,1-2H3,(H,23,25)/t17-,18+/m1/s1. The SMILES string of the molecule is Cc1cc(N2C(=S)N[C@H](c3ccccn3)[C@H]2c2sccc2C)ccc1F. The van der Waals surface area contributed by atoms with Crippen molar-refractivity contribution in [2.24, 2.45) is 0 Å². The molecule has 1 N–H and O–H groups in total. The predicted molar refractivity (Wildman–Crippen MR) is 108 cm³/mol. The van der Waals surface area contributed by atoms with Crippen molar-refractivity contribution in [2.75, 3.05) is 4.90 Å². The van der Waals surface area contributed by atoms with Crippen LogP contribution in [0.2, 0.25) is 0 Å². The Bertz CT molecular complexity index is 955. The van der Waals surface area contributed by atoms with Crippen LogP contribution >= 0.6 is 23.6 Å². The van der Waals surface area contributed by atoms with Crippen LogP contribution in [0.15, 0.2) is 54.0 Å². The van der Waals surface area contributed by atoms with Crippen LogP contribution in [0.3, 0.4) is 0 Å². The van der Waals surface area contributed by atoms with Crippen LogP contribution in [0.5, 0.6) is 0 Å². The molecule has 1 aliphatic rings. The first-order chi connectivity index (χ1) is 12.6. The second-order valence-corrected chi connectivity index (χ2v) is 7.73. The molecular weight excluding hydrogens is 365 g/mol. The Morgan fingerprint density at radius 1 is 1.15 bits per heavy atom. The van der Waals surface area contributed by atoms with E-state index < -0.39 is 0 Å². The number of rotatable bonds is 3. The van der Waals surface area contributed by atoms with Crippen molar-refractivity contribution in [3.8, 4) is 0 Å². The molecule has 2 aromatic heterocycles. The van der Waals surface area contributed by atoms with Crippen LogP contribution in [0.25, 0.3) is 0 Å². The Morgan fingerprint density at radius 3 is 2.65 bits per heavy atom. The molecule has 3 nitrogen and oxygen atoms in total. The summed E-state index contributed by atoms with van der Waals surface area (Å²) < 4.78 is 13.8. The lowest BCUT2D eigenvalue weighted by Gasteiger charge is -2.28. The molecule has 3 heterocycles. The first-order valence-electron chi connectivity index (χ1n) is 8.37. The van der Waals surface area contributed by atoms with Gasteiger partial charge in [0.2, 0.25) is 0 Å². The molecule has 0 amide bonds. The Kier molecular flexibility index (Phi) is 4.46. The van der Waals surface area contributed by atoms with Crippen LogP contribution < -0.4 is 10.2 Å². The smallest absolute Gasteiger partial charge is 0.174 e. The topological polar surface area (TPSA) is 28.2 Å². The van der Waals surface area contributed by atoms with Gasteiger partial charge in [0.1, 0.15) is 5.82 Å². The number of thiophene rings is 1. The predicted octanol–water partition coefficient (Wildman–Crippen LogP) is 5.08. The number of aryl methyl sites for hydroxylation is 2. The van der Waals surface area contributed by atoms with Gasteiger partial charge in [0, 0.05) is 16.8 Å². The van der Waals surface area contributed by atoms with E-state index in [9.17, 15) is 4.39 Å². The fraction of sp³-hybridized carbons (Fsp3) is 0.200. The van der Waals surface area contributed by atoms with E-state index in [2.05, 4.69) is 33.6 Å². The van der Waals surface area contributed by atoms with E-state index in [1.165, 1.54) is 16.5 Å². The molecule has 3 aromatic rings. The highest BCUT2D eigenvalue weighted by Gasteiger charge is 2.41. The van der Waals surface area contributed by atoms with Gasteiger partial charge in [-0.1, -0.05) is 6.07 Å². The van der Waals surface area contributed by atoms with Crippen LogP contribution in [-0.4, -0.2) is 10.1 Å². The third-order valence-corrected chi connectivity index (χ3v) is 6.09. The molecule has 0 aliphatic carbocycles. The normalized spacial score (nSPS) is 19.7. The number of anilines is 1. The summed E-state index contributed by atoms with van der Waals surface area (Å²) in [5, 5.41) is 6.15. The summed E-state index contributed by atoms with van der Waals surface area (Å²) in [4.78, 5) is 7.86. The fourth-order valence-electron chi connectivity index (χ4n) is 3.37. The van der Waals surface area contributed by atoms with E-state index in [1.54, 1.807) is 30.5 Å². The fourth-order valence-corrected chi connectivity index (χ4v) is 4.76. The number of aromatic nitrogens is 1. The van der Waals surface area contributed by atoms with Gasteiger partial charge in [-0.25, -0.2) is 4.39 Å². The molecule has 1 aliphatic heterocycles.